The number of carbonyl (C=O) groups is 1. The molecule has 18 heavy (non-hydrogen) atoms. The summed E-state index contributed by atoms with van der Waals surface area (Å²) in [7, 11) is 0. The smallest absolute Gasteiger partial charge is 0.163 e. The number of carbonyl (C=O) groups excluding carboxylic acids is 1. The summed E-state index contributed by atoms with van der Waals surface area (Å²) < 4.78 is 28.1. The fourth-order valence-corrected chi connectivity index (χ4v) is 1.87. The molecule has 1 heterocycles. The van der Waals surface area contributed by atoms with Crippen molar-refractivity contribution in [1.29, 1.82) is 0 Å². The van der Waals surface area contributed by atoms with Gasteiger partial charge in [-0.05, 0) is 19.9 Å². The van der Waals surface area contributed by atoms with E-state index < -0.39 is 11.6 Å². The standard InChI is InChI=1S/C13H12F2N2O/c1-8-11(7-18)9(2)17(16-8)6-10-4-3-5-12(14)13(10)15/h3-5,7H,6H2,1-2H3. The lowest BCUT2D eigenvalue weighted by Gasteiger charge is -2.06. The van der Waals surface area contributed by atoms with Gasteiger partial charge >= 0.3 is 0 Å². The molecule has 3 nitrogen and oxygen atoms in total. The third kappa shape index (κ3) is 2.03. The van der Waals surface area contributed by atoms with Gasteiger partial charge in [-0.15, -0.1) is 0 Å². The van der Waals surface area contributed by atoms with Gasteiger partial charge in [-0.3, -0.25) is 9.48 Å². The number of rotatable bonds is 3. The zero-order chi connectivity index (χ0) is 13.3. The maximum Gasteiger partial charge on any atom is 0.163 e. The average Bonchev–Trinajstić information content (AvgIpc) is 2.60. The zero-order valence-corrected chi connectivity index (χ0v) is 10.1. The van der Waals surface area contributed by atoms with Gasteiger partial charge in [0.2, 0.25) is 0 Å². The van der Waals surface area contributed by atoms with Crippen molar-refractivity contribution in [1.82, 2.24) is 9.78 Å². The molecule has 94 valence electrons. The van der Waals surface area contributed by atoms with Crippen LogP contribution >= 0.6 is 0 Å². The molecule has 0 aliphatic rings. The normalized spacial score (nSPS) is 10.7. The van der Waals surface area contributed by atoms with Crippen molar-refractivity contribution in [2.45, 2.75) is 20.4 Å². The number of aromatic nitrogens is 2. The maximum absolute atomic E-state index is 13.5. The molecule has 0 aliphatic carbocycles. The second-order valence-electron chi connectivity index (χ2n) is 4.07. The molecule has 0 N–H and O–H groups in total. The molecule has 1 aromatic carbocycles. The molecule has 0 spiro atoms. The van der Waals surface area contributed by atoms with Crippen LogP contribution in [-0.2, 0) is 6.54 Å². The lowest BCUT2D eigenvalue weighted by atomic mass is 10.2. The minimum atomic E-state index is -0.885. The molecule has 0 atom stereocenters. The number of nitrogens with zero attached hydrogens (tertiary/aromatic N) is 2. The van der Waals surface area contributed by atoms with Crippen LogP contribution in [0.2, 0.25) is 0 Å². The van der Waals surface area contributed by atoms with Crippen molar-refractivity contribution in [3.05, 3.63) is 52.3 Å². The average molecular weight is 250 g/mol. The summed E-state index contributed by atoms with van der Waals surface area (Å²) in [5, 5.41) is 4.14. The molecule has 2 rings (SSSR count). The van der Waals surface area contributed by atoms with Crippen LogP contribution in [-0.4, -0.2) is 16.1 Å². The van der Waals surface area contributed by atoms with E-state index in [9.17, 15) is 13.6 Å². The second kappa shape index (κ2) is 4.68. The van der Waals surface area contributed by atoms with Crippen molar-refractivity contribution < 1.29 is 13.6 Å². The van der Waals surface area contributed by atoms with Crippen molar-refractivity contribution in [3.8, 4) is 0 Å². The number of hydrogen-bond acceptors (Lipinski definition) is 2. The zero-order valence-electron chi connectivity index (χ0n) is 10.1. The minimum absolute atomic E-state index is 0.101. The predicted molar refractivity (Wildman–Crippen MR) is 62.5 cm³/mol. The van der Waals surface area contributed by atoms with E-state index in [1.54, 1.807) is 13.8 Å². The van der Waals surface area contributed by atoms with E-state index in [1.165, 1.54) is 16.8 Å². The molecule has 0 bridgehead atoms. The summed E-state index contributed by atoms with van der Waals surface area (Å²) >= 11 is 0. The van der Waals surface area contributed by atoms with E-state index in [2.05, 4.69) is 5.10 Å². The molecular formula is C13H12F2N2O. The minimum Gasteiger partial charge on any atom is -0.298 e. The van der Waals surface area contributed by atoms with E-state index in [0.29, 0.717) is 17.0 Å². The predicted octanol–water partition coefficient (Wildman–Crippen LogP) is 2.64. The Balaban J connectivity index is 2.40. The summed E-state index contributed by atoms with van der Waals surface area (Å²) in [5.74, 6) is -1.76. The Hall–Kier alpha value is -2.04. The number of aryl methyl sites for hydroxylation is 1. The highest BCUT2D eigenvalue weighted by Crippen LogP contribution is 2.16. The Labute approximate surface area is 103 Å². The van der Waals surface area contributed by atoms with E-state index in [4.69, 9.17) is 0 Å². The SMILES string of the molecule is Cc1nn(Cc2cccc(F)c2F)c(C)c1C=O. The third-order valence-corrected chi connectivity index (χ3v) is 2.91. The first-order valence-electron chi connectivity index (χ1n) is 5.46. The van der Waals surface area contributed by atoms with Crippen molar-refractivity contribution in [2.75, 3.05) is 0 Å². The van der Waals surface area contributed by atoms with Gasteiger partial charge in [-0.2, -0.15) is 5.10 Å². The lowest BCUT2D eigenvalue weighted by molar-refractivity contribution is 0.112. The summed E-state index contributed by atoms with van der Waals surface area (Å²) in [5.41, 5.74) is 1.93. The van der Waals surface area contributed by atoms with E-state index in [-0.39, 0.29) is 12.1 Å². The first kappa shape index (κ1) is 12.4. The molecule has 0 aliphatic heterocycles. The highest BCUT2D eigenvalue weighted by molar-refractivity contribution is 5.78. The Kier molecular flexibility index (Phi) is 3.23. The van der Waals surface area contributed by atoms with Gasteiger partial charge in [0, 0.05) is 11.3 Å². The summed E-state index contributed by atoms with van der Waals surface area (Å²) in [4.78, 5) is 10.8. The molecule has 0 amide bonds. The molecule has 5 heteroatoms. The number of hydrogen-bond donors (Lipinski definition) is 0. The van der Waals surface area contributed by atoms with Gasteiger partial charge in [0.15, 0.2) is 17.9 Å². The highest BCUT2D eigenvalue weighted by Gasteiger charge is 2.13. The Bertz CT molecular complexity index is 605. The van der Waals surface area contributed by atoms with Crippen LogP contribution in [0.5, 0.6) is 0 Å². The molecule has 0 saturated carbocycles. The van der Waals surface area contributed by atoms with Gasteiger partial charge in [-0.25, -0.2) is 8.78 Å². The Morgan fingerprint density at radius 1 is 1.33 bits per heavy atom. The Morgan fingerprint density at radius 2 is 2.06 bits per heavy atom. The fourth-order valence-electron chi connectivity index (χ4n) is 1.87. The van der Waals surface area contributed by atoms with E-state index >= 15 is 0 Å². The topological polar surface area (TPSA) is 34.9 Å². The molecule has 0 radical (unpaired) electrons. The van der Waals surface area contributed by atoms with Gasteiger partial charge in [-0.1, -0.05) is 12.1 Å². The molecular weight excluding hydrogens is 238 g/mol. The van der Waals surface area contributed by atoms with Gasteiger partial charge in [0.05, 0.1) is 17.8 Å². The maximum atomic E-state index is 13.5. The molecule has 0 unspecified atom stereocenters. The van der Waals surface area contributed by atoms with Gasteiger partial charge in [0.25, 0.3) is 0 Å². The first-order chi connectivity index (χ1) is 8.54. The summed E-state index contributed by atoms with van der Waals surface area (Å²) in [6.07, 6.45) is 0.718. The van der Waals surface area contributed by atoms with Crippen LogP contribution in [0.3, 0.4) is 0 Å². The molecule has 0 saturated heterocycles. The number of halogens is 2. The van der Waals surface area contributed by atoms with E-state index in [1.807, 2.05) is 0 Å². The summed E-state index contributed by atoms with van der Waals surface area (Å²) in [6.45, 7) is 3.53. The first-order valence-corrected chi connectivity index (χ1v) is 5.46. The molecule has 2 aromatic rings. The molecule has 0 fully saturated rings. The third-order valence-electron chi connectivity index (χ3n) is 2.91. The largest absolute Gasteiger partial charge is 0.298 e. The van der Waals surface area contributed by atoms with Crippen molar-refractivity contribution in [3.63, 3.8) is 0 Å². The van der Waals surface area contributed by atoms with Crippen LogP contribution in [0.15, 0.2) is 18.2 Å². The monoisotopic (exact) mass is 250 g/mol. The Morgan fingerprint density at radius 3 is 2.67 bits per heavy atom. The number of benzene rings is 1. The second-order valence-corrected chi connectivity index (χ2v) is 4.07. The van der Waals surface area contributed by atoms with Gasteiger partial charge in [0.1, 0.15) is 0 Å². The van der Waals surface area contributed by atoms with Crippen LogP contribution in [0.4, 0.5) is 8.78 Å². The lowest BCUT2D eigenvalue weighted by Crippen LogP contribution is -2.07. The van der Waals surface area contributed by atoms with Crippen LogP contribution in [0.25, 0.3) is 0 Å². The van der Waals surface area contributed by atoms with Crippen LogP contribution in [0.1, 0.15) is 27.3 Å². The molecule has 1 aromatic heterocycles. The number of aldehydes is 1. The summed E-state index contributed by atoms with van der Waals surface area (Å²) in [6, 6.07) is 4.01. The van der Waals surface area contributed by atoms with Crippen LogP contribution in [0, 0.1) is 25.5 Å². The fraction of sp³-hybridized carbons (Fsp3) is 0.231. The van der Waals surface area contributed by atoms with Crippen LogP contribution < -0.4 is 0 Å². The highest BCUT2D eigenvalue weighted by atomic mass is 19.2. The van der Waals surface area contributed by atoms with Gasteiger partial charge < -0.3 is 0 Å². The van der Waals surface area contributed by atoms with E-state index in [0.717, 1.165) is 12.4 Å². The quantitative estimate of drug-likeness (QED) is 0.785. The van der Waals surface area contributed by atoms with Crippen molar-refractivity contribution >= 4 is 6.29 Å². The van der Waals surface area contributed by atoms with Crippen molar-refractivity contribution in [2.24, 2.45) is 0 Å².